The SMILES string of the molecule is CC12CC(N(C(=O)C(F)(F)C(F)(F)C(F)(F)C(F)(F)C(F)(F)C(F)(F)C(F)(F)F)C1)[C@@]1(C)C(=O)N(c3ccc(C#N)c(C(F)(F)F)c3)C(=O)N21. The van der Waals surface area contributed by atoms with E-state index in [2.05, 4.69) is 0 Å². The summed E-state index contributed by atoms with van der Waals surface area (Å²) in [5, 5.41) is 8.97. The first-order chi connectivity index (χ1) is 22.1. The molecule has 3 aliphatic heterocycles. The standard InChI is InChI=1S/C25H14F18N4O3/c1-16-6-12(17(2)13(48)46(15(50)47(16)17)10-4-3-9(7-44)11(5-10)19(28,29)30)45(8-16)14(49)18(26,27)20(31,32)21(33,34)22(35,36)23(37,38)24(39,40)25(41,42)43/h3-5,12H,6,8H2,1-2H3/t12?,16?,17-/m0/s1. The van der Waals surface area contributed by atoms with E-state index < -0.39 is 118 Å². The van der Waals surface area contributed by atoms with E-state index in [1.165, 1.54) is 6.07 Å². The van der Waals surface area contributed by atoms with Crippen molar-refractivity contribution in [2.45, 2.75) is 85.3 Å². The fourth-order valence-corrected chi connectivity index (χ4v) is 6.25. The highest BCUT2D eigenvalue weighted by Crippen LogP contribution is 2.63. The van der Waals surface area contributed by atoms with E-state index in [0.29, 0.717) is 24.0 Å². The Kier molecular flexibility index (Phi) is 7.91. The van der Waals surface area contributed by atoms with Gasteiger partial charge in [0.1, 0.15) is 5.54 Å². The number of alkyl halides is 18. The van der Waals surface area contributed by atoms with Crippen LogP contribution in [0.5, 0.6) is 0 Å². The lowest BCUT2D eigenvalue weighted by Crippen LogP contribution is -2.75. The number of fused-ring (bicyclic) bond motifs is 5. The van der Waals surface area contributed by atoms with E-state index in [1.54, 1.807) is 0 Å². The van der Waals surface area contributed by atoms with E-state index >= 15 is 0 Å². The lowest BCUT2D eigenvalue weighted by atomic mass is 9.89. The number of urea groups is 1. The van der Waals surface area contributed by atoms with E-state index in [1.807, 2.05) is 0 Å². The molecular weight excluding hydrogens is 746 g/mol. The largest absolute Gasteiger partial charge is 0.460 e. The average Bonchev–Trinajstić information content (AvgIpc) is 3.51. The Morgan fingerprint density at radius 1 is 0.780 bits per heavy atom. The Bertz CT molecular complexity index is 1700. The summed E-state index contributed by atoms with van der Waals surface area (Å²) in [4.78, 5) is 39.5. The lowest BCUT2D eigenvalue weighted by Gasteiger charge is -2.47. The van der Waals surface area contributed by atoms with Crippen LogP contribution in [-0.2, 0) is 15.8 Å². The molecule has 3 atom stereocenters. The monoisotopic (exact) mass is 760 g/mol. The lowest BCUT2D eigenvalue weighted by molar-refractivity contribution is -0.450. The third-order valence-electron chi connectivity index (χ3n) is 8.74. The fraction of sp³-hybridized carbons (Fsp3) is 0.600. The molecule has 2 unspecified atom stereocenters. The van der Waals surface area contributed by atoms with Gasteiger partial charge in [0.05, 0.1) is 34.5 Å². The number of rotatable bonds is 7. The Hall–Kier alpha value is -4.14. The van der Waals surface area contributed by atoms with Crippen LogP contribution in [0.25, 0.3) is 0 Å². The third-order valence-corrected chi connectivity index (χ3v) is 8.74. The Morgan fingerprint density at radius 3 is 1.72 bits per heavy atom. The number of imide groups is 1. The molecule has 0 N–H and O–H groups in total. The number of benzene rings is 1. The zero-order valence-corrected chi connectivity index (χ0v) is 24.0. The van der Waals surface area contributed by atoms with Gasteiger partial charge < -0.3 is 9.80 Å². The molecule has 3 heterocycles. The van der Waals surface area contributed by atoms with Crippen LogP contribution in [-0.4, -0.2) is 93.0 Å². The van der Waals surface area contributed by atoms with Gasteiger partial charge in [0.15, 0.2) is 0 Å². The summed E-state index contributed by atoms with van der Waals surface area (Å²) < 4.78 is 247. The van der Waals surface area contributed by atoms with Crippen LogP contribution >= 0.6 is 0 Å². The second kappa shape index (κ2) is 10.2. The minimum Gasteiger partial charge on any atom is -0.329 e. The molecule has 7 nitrogen and oxygen atoms in total. The molecule has 0 aromatic heterocycles. The summed E-state index contributed by atoms with van der Waals surface area (Å²) in [6, 6.07) is -1.42. The number of amides is 4. The molecule has 0 saturated carbocycles. The van der Waals surface area contributed by atoms with Crippen molar-refractivity contribution >= 4 is 23.5 Å². The van der Waals surface area contributed by atoms with Crippen LogP contribution in [0, 0.1) is 11.3 Å². The number of likely N-dealkylation sites (tertiary alicyclic amines) is 1. The Morgan fingerprint density at radius 2 is 1.26 bits per heavy atom. The van der Waals surface area contributed by atoms with Crippen LogP contribution in [0.15, 0.2) is 18.2 Å². The molecule has 25 heteroatoms. The third kappa shape index (κ3) is 4.43. The van der Waals surface area contributed by atoms with E-state index in [0.717, 1.165) is 6.92 Å². The number of halogens is 18. The number of piperazine rings is 1. The van der Waals surface area contributed by atoms with Gasteiger partial charge in [-0.2, -0.15) is 84.3 Å². The van der Waals surface area contributed by atoms with Crippen molar-refractivity contribution in [2.75, 3.05) is 11.4 Å². The summed E-state index contributed by atoms with van der Waals surface area (Å²) in [7, 11) is 0. The van der Waals surface area contributed by atoms with Crippen molar-refractivity contribution in [1.82, 2.24) is 9.80 Å². The summed E-state index contributed by atoms with van der Waals surface area (Å²) >= 11 is 0. The first-order valence-corrected chi connectivity index (χ1v) is 13.0. The molecule has 4 rings (SSSR count). The number of nitrogens with zero attached hydrogens (tertiary/aromatic N) is 4. The summed E-state index contributed by atoms with van der Waals surface area (Å²) in [5.74, 6) is -54.9. The summed E-state index contributed by atoms with van der Waals surface area (Å²) in [5.41, 5.74) is -8.54. The number of carbonyl (C=O) groups excluding carboxylic acids is 3. The van der Waals surface area contributed by atoms with Gasteiger partial charge in [-0.3, -0.25) is 9.59 Å². The van der Waals surface area contributed by atoms with Gasteiger partial charge in [0, 0.05) is 6.54 Å². The number of carbonyl (C=O) groups is 3. The van der Waals surface area contributed by atoms with Crippen LogP contribution in [0.2, 0.25) is 0 Å². The Balaban J connectivity index is 1.75. The predicted octanol–water partition coefficient (Wildman–Crippen LogP) is 6.85. The molecule has 278 valence electrons. The van der Waals surface area contributed by atoms with Crippen LogP contribution in [0.3, 0.4) is 0 Å². The van der Waals surface area contributed by atoms with Crippen LogP contribution in [0.1, 0.15) is 31.4 Å². The van der Waals surface area contributed by atoms with Gasteiger partial charge in [-0.1, -0.05) is 0 Å². The zero-order chi connectivity index (χ0) is 39.0. The topological polar surface area (TPSA) is 84.7 Å². The highest BCUT2D eigenvalue weighted by atomic mass is 19.4. The first kappa shape index (κ1) is 38.7. The van der Waals surface area contributed by atoms with Crippen molar-refractivity contribution in [1.29, 1.82) is 5.26 Å². The van der Waals surface area contributed by atoms with Crippen molar-refractivity contribution in [3.8, 4) is 6.07 Å². The van der Waals surface area contributed by atoms with Crippen LogP contribution in [0.4, 0.5) is 89.5 Å². The normalized spacial score (nSPS) is 25.4. The highest BCUT2D eigenvalue weighted by Gasteiger charge is 2.94. The smallest absolute Gasteiger partial charge is 0.329 e. The van der Waals surface area contributed by atoms with E-state index in [9.17, 15) is 93.4 Å². The molecule has 3 fully saturated rings. The van der Waals surface area contributed by atoms with Crippen molar-refractivity contribution < 1.29 is 93.4 Å². The molecule has 4 amide bonds. The van der Waals surface area contributed by atoms with Gasteiger partial charge in [-0.15, -0.1) is 0 Å². The van der Waals surface area contributed by atoms with Crippen molar-refractivity contribution in [3.63, 3.8) is 0 Å². The second-order valence-electron chi connectivity index (χ2n) is 11.8. The van der Waals surface area contributed by atoms with Crippen molar-refractivity contribution in [2.24, 2.45) is 0 Å². The van der Waals surface area contributed by atoms with E-state index in [4.69, 9.17) is 5.26 Å². The molecule has 1 aromatic rings. The molecule has 2 bridgehead atoms. The maximum absolute atomic E-state index is 14.9. The van der Waals surface area contributed by atoms with Gasteiger partial charge in [0.2, 0.25) is 0 Å². The molecule has 0 radical (unpaired) electrons. The fourth-order valence-electron chi connectivity index (χ4n) is 6.25. The molecule has 3 saturated heterocycles. The second-order valence-corrected chi connectivity index (χ2v) is 11.8. The molecule has 1 aromatic carbocycles. The molecule has 3 aliphatic rings. The molecule has 50 heavy (non-hydrogen) atoms. The number of hydrogen-bond donors (Lipinski definition) is 0. The molecule has 0 aliphatic carbocycles. The summed E-state index contributed by atoms with van der Waals surface area (Å²) in [6.45, 7) is 0.0255. The minimum absolute atomic E-state index is 0.0147. The van der Waals surface area contributed by atoms with E-state index in [-0.39, 0.29) is 11.0 Å². The Labute approximate surface area is 264 Å². The van der Waals surface area contributed by atoms with Gasteiger partial charge >= 0.3 is 53.9 Å². The minimum atomic E-state index is -8.66. The molecule has 0 spiro atoms. The number of hydrogen-bond acceptors (Lipinski definition) is 4. The average molecular weight is 760 g/mol. The van der Waals surface area contributed by atoms with Gasteiger partial charge in [-0.25, -0.2) is 9.69 Å². The highest BCUT2D eigenvalue weighted by molar-refractivity contribution is 6.24. The zero-order valence-electron chi connectivity index (χ0n) is 24.0. The van der Waals surface area contributed by atoms with Crippen molar-refractivity contribution in [3.05, 3.63) is 29.3 Å². The maximum atomic E-state index is 14.9. The van der Waals surface area contributed by atoms with Gasteiger partial charge in [0.25, 0.3) is 11.8 Å². The predicted molar refractivity (Wildman–Crippen MR) is 124 cm³/mol. The number of nitriles is 1. The van der Waals surface area contributed by atoms with Crippen LogP contribution < -0.4 is 4.90 Å². The van der Waals surface area contributed by atoms with Gasteiger partial charge in [-0.05, 0) is 38.5 Å². The summed E-state index contributed by atoms with van der Waals surface area (Å²) in [6.07, 6.45) is -14.0. The first-order valence-electron chi connectivity index (χ1n) is 13.0. The number of anilines is 1. The molecular formula is C25H14F18N4O3. The maximum Gasteiger partial charge on any atom is 0.460 e. The quantitative estimate of drug-likeness (QED) is 0.225.